The summed E-state index contributed by atoms with van der Waals surface area (Å²) < 4.78 is 1.04. The third-order valence-corrected chi connectivity index (χ3v) is 5.05. The molecule has 118 valence electrons. The van der Waals surface area contributed by atoms with Gasteiger partial charge >= 0.3 is 0 Å². The van der Waals surface area contributed by atoms with E-state index in [0.29, 0.717) is 10.7 Å². The van der Waals surface area contributed by atoms with Crippen LogP contribution in [0.4, 0.5) is 0 Å². The number of amides is 1. The van der Waals surface area contributed by atoms with Crippen molar-refractivity contribution in [2.45, 2.75) is 26.3 Å². The van der Waals surface area contributed by atoms with Crippen molar-refractivity contribution in [3.05, 3.63) is 52.5 Å². The van der Waals surface area contributed by atoms with E-state index in [-0.39, 0.29) is 11.9 Å². The second kappa shape index (κ2) is 6.69. The molecule has 0 aliphatic carbocycles. The summed E-state index contributed by atoms with van der Waals surface area (Å²) in [5.41, 5.74) is 2.03. The summed E-state index contributed by atoms with van der Waals surface area (Å²) in [4.78, 5) is 17.1. The highest BCUT2D eigenvalue weighted by Gasteiger charge is 2.16. The number of halogens is 1. The lowest BCUT2D eigenvalue weighted by molar-refractivity contribution is 0.0934. The van der Waals surface area contributed by atoms with Gasteiger partial charge in [-0.05, 0) is 42.3 Å². The third-order valence-electron chi connectivity index (χ3n) is 3.79. The van der Waals surface area contributed by atoms with E-state index in [2.05, 4.69) is 10.3 Å². The maximum Gasteiger partial charge on any atom is 0.270 e. The van der Waals surface area contributed by atoms with Gasteiger partial charge in [0, 0.05) is 11.6 Å². The summed E-state index contributed by atoms with van der Waals surface area (Å²) in [5.74, 6) is -0.152. The number of carbonyl (C=O) groups is 1. The molecule has 0 spiro atoms. The summed E-state index contributed by atoms with van der Waals surface area (Å²) in [6.07, 6.45) is 0.879. The monoisotopic (exact) mass is 344 g/mol. The lowest BCUT2D eigenvalue weighted by atomic mass is 10.1. The Hall–Kier alpha value is -1.91. The molecule has 0 aliphatic rings. The zero-order valence-electron chi connectivity index (χ0n) is 13.0. The molecular weight excluding hydrogens is 328 g/mol. The SMILES string of the molecule is CCC(C)NC(=O)c1cc2ccsc2c(-c2ccccc2Cl)n1. The van der Waals surface area contributed by atoms with Crippen molar-refractivity contribution in [2.75, 3.05) is 0 Å². The number of aromatic nitrogens is 1. The molecule has 0 fully saturated rings. The number of thiophene rings is 1. The number of fused-ring (bicyclic) bond motifs is 1. The molecule has 0 saturated heterocycles. The molecule has 1 N–H and O–H groups in total. The van der Waals surface area contributed by atoms with Crippen LogP contribution in [-0.2, 0) is 0 Å². The van der Waals surface area contributed by atoms with Crippen molar-refractivity contribution >= 4 is 38.9 Å². The number of carbonyl (C=O) groups excluding carboxylic acids is 1. The van der Waals surface area contributed by atoms with Crippen LogP contribution < -0.4 is 5.32 Å². The third kappa shape index (κ3) is 3.23. The molecule has 2 aromatic heterocycles. The van der Waals surface area contributed by atoms with Gasteiger partial charge in [-0.25, -0.2) is 4.98 Å². The number of nitrogens with one attached hydrogen (secondary N) is 1. The fourth-order valence-corrected chi connectivity index (χ4v) is 3.43. The molecule has 0 bridgehead atoms. The van der Waals surface area contributed by atoms with Crippen LogP contribution in [0.3, 0.4) is 0 Å². The fourth-order valence-electron chi connectivity index (χ4n) is 2.33. The van der Waals surface area contributed by atoms with E-state index < -0.39 is 0 Å². The Labute approximate surface area is 144 Å². The minimum absolute atomic E-state index is 0.117. The van der Waals surface area contributed by atoms with Gasteiger partial charge in [0.05, 0.1) is 15.4 Å². The molecule has 1 atom stereocenters. The first-order valence-corrected chi connectivity index (χ1v) is 8.80. The lowest BCUT2D eigenvalue weighted by Crippen LogP contribution is -2.32. The van der Waals surface area contributed by atoms with Crippen molar-refractivity contribution in [3.63, 3.8) is 0 Å². The van der Waals surface area contributed by atoms with Gasteiger partial charge in [-0.1, -0.05) is 36.7 Å². The van der Waals surface area contributed by atoms with Crippen LogP contribution in [0, 0.1) is 0 Å². The molecule has 0 aliphatic heterocycles. The Kier molecular flexibility index (Phi) is 4.64. The smallest absolute Gasteiger partial charge is 0.270 e. The molecule has 2 heterocycles. The Morgan fingerprint density at radius 2 is 2.13 bits per heavy atom. The quantitative estimate of drug-likeness (QED) is 0.711. The van der Waals surface area contributed by atoms with Crippen molar-refractivity contribution in [1.82, 2.24) is 10.3 Å². The van der Waals surface area contributed by atoms with E-state index in [1.54, 1.807) is 11.3 Å². The summed E-state index contributed by atoms with van der Waals surface area (Å²) in [6.45, 7) is 4.02. The molecule has 3 nitrogen and oxygen atoms in total. The molecule has 0 saturated carbocycles. The molecule has 1 amide bonds. The summed E-state index contributed by atoms with van der Waals surface area (Å²) in [6, 6.07) is 11.5. The molecule has 3 aromatic rings. The van der Waals surface area contributed by atoms with E-state index in [4.69, 9.17) is 11.6 Å². The minimum atomic E-state index is -0.152. The van der Waals surface area contributed by atoms with Crippen molar-refractivity contribution in [3.8, 4) is 11.3 Å². The standard InChI is InChI=1S/C18H17ClN2OS/c1-3-11(2)20-18(22)15-10-12-8-9-23-17(12)16(21-15)13-6-4-5-7-14(13)19/h4-11H,3H2,1-2H3,(H,20,22). The summed E-state index contributed by atoms with van der Waals surface area (Å²) in [5, 5.41) is 6.61. The second-order valence-corrected chi connectivity index (χ2v) is 6.78. The van der Waals surface area contributed by atoms with Gasteiger partial charge in [0.25, 0.3) is 5.91 Å². The Bertz CT molecular complexity index is 859. The van der Waals surface area contributed by atoms with E-state index in [1.165, 1.54) is 0 Å². The molecule has 0 radical (unpaired) electrons. The zero-order chi connectivity index (χ0) is 16.4. The minimum Gasteiger partial charge on any atom is -0.348 e. The summed E-state index contributed by atoms with van der Waals surface area (Å²) >= 11 is 7.93. The van der Waals surface area contributed by atoms with Crippen molar-refractivity contribution < 1.29 is 4.79 Å². The average Bonchev–Trinajstić information content (AvgIpc) is 3.02. The number of nitrogens with zero attached hydrogens (tertiary/aromatic N) is 1. The van der Waals surface area contributed by atoms with Gasteiger partial charge in [-0.15, -0.1) is 11.3 Å². The normalized spacial score (nSPS) is 12.3. The number of hydrogen-bond acceptors (Lipinski definition) is 3. The predicted molar refractivity (Wildman–Crippen MR) is 97.3 cm³/mol. The Balaban J connectivity index is 2.12. The van der Waals surface area contributed by atoms with E-state index in [1.807, 2.05) is 55.6 Å². The van der Waals surface area contributed by atoms with Crippen molar-refractivity contribution in [1.29, 1.82) is 0 Å². The molecule has 23 heavy (non-hydrogen) atoms. The van der Waals surface area contributed by atoms with Crippen LogP contribution in [0.25, 0.3) is 21.3 Å². The highest BCUT2D eigenvalue weighted by Crippen LogP contribution is 2.35. The number of hydrogen-bond donors (Lipinski definition) is 1. The number of benzene rings is 1. The molecular formula is C18H17ClN2OS. The largest absolute Gasteiger partial charge is 0.348 e. The maximum absolute atomic E-state index is 12.4. The highest BCUT2D eigenvalue weighted by atomic mass is 35.5. The Morgan fingerprint density at radius 1 is 1.35 bits per heavy atom. The van der Waals surface area contributed by atoms with E-state index in [9.17, 15) is 4.79 Å². The van der Waals surface area contributed by atoms with E-state index >= 15 is 0 Å². The number of pyridine rings is 1. The van der Waals surface area contributed by atoms with E-state index in [0.717, 1.165) is 27.8 Å². The lowest BCUT2D eigenvalue weighted by Gasteiger charge is -2.12. The van der Waals surface area contributed by atoms with Gasteiger partial charge in [0.2, 0.25) is 0 Å². The Morgan fingerprint density at radius 3 is 2.87 bits per heavy atom. The topological polar surface area (TPSA) is 42.0 Å². The molecule has 3 rings (SSSR count). The van der Waals surface area contributed by atoms with Gasteiger partial charge in [0.15, 0.2) is 0 Å². The fraction of sp³-hybridized carbons (Fsp3) is 0.222. The molecule has 5 heteroatoms. The first-order valence-electron chi connectivity index (χ1n) is 7.54. The van der Waals surface area contributed by atoms with Gasteiger partial charge in [-0.2, -0.15) is 0 Å². The number of rotatable bonds is 4. The molecule has 1 unspecified atom stereocenters. The van der Waals surface area contributed by atoms with Crippen molar-refractivity contribution in [2.24, 2.45) is 0 Å². The summed E-state index contributed by atoms with van der Waals surface area (Å²) in [7, 11) is 0. The van der Waals surface area contributed by atoms with Gasteiger partial charge < -0.3 is 5.32 Å². The average molecular weight is 345 g/mol. The van der Waals surface area contributed by atoms with Crippen LogP contribution in [0.5, 0.6) is 0 Å². The first-order chi connectivity index (χ1) is 11.1. The maximum atomic E-state index is 12.4. The van der Waals surface area contributed by atoms with Crippen LogP contribution in [0.1, 0.15) is 30.8 Å². The predicted octanol–water partition coefficient (Wildman–Crippen LogP) is 5.15. The highest BCUT2D eigenvalue weighted by molar-refractivity contribution is 7.17. The van der Waals surface area contributed by atoms with Crippen LogP contribution in [0.2, 0.25) is 5.02 Å². The van der Waals surface area contributed by atoms with Gasteiger partial charge in [-0.3, -0.25) is 4.79 Å². The first kappa shape index (κ1) is 16.0. The second-order valence-electron chi connectivity index (χ2n) is 5.46. The van der Waals surface area contributed by atoms with Crippen LogP contribution in [0.15, 0.2) is 41.8 Å². The van der Waals surface area contributed by atoms with Crippen LogP contribution in [-0.4, -0.2) is 16.9 Å². The van der Waals surface area contributed by atoms with Gasteiger partial charge in [0.1, 0.15) is 5.69 Å². The van der Waals surface area contributed by atoms with Crippen LogP contribution >= 0.6 is 22.9 Å². The zero-order valence-corrected chi connectivity index (χ0v) is 14.5. The molecule has 1 aromatic carbocycles.